The van der Waals surface area contributed by atoms with E-state index in [0.717, 1.165) is 11.0 Å². The van der Waals surface area contributed by atoms with Crippen LogP contribution in [-0.2, 0) is 6.54 Å². The molecule has 4 rings (SSSR count). The standard InChI is InChI=1S/C20H17N3O4/c24-9-3-8-23-12-21-16-11-14(6-7-17(16)23)22-19(25)15-10-13-4-1-2-5-18(13)27-20(15)26/h1-2,4-7,10-12,24H,3,8-9H2,(H,22,25). The zero-order valence-electron chi connectivity index (χ0n) is 14.4. The molecule has 4 aromatic rings. The molecule has 0 fully saturated rings. The fraction of sp³-hybridized carbons (Fsp3) is 0.150. The largest absolute Gasteiger partial charge is 0.422 e. The van der Waals surface area contributed by atoms with Crippen LogP contribution in [0.25, 0.3) is 22.0 Å². The van der Waals surface area contributed by atoms with Gasteiger partial charge in [-0.25, -0.2) is 9.78 Å². The molecule has 7 nitrogen and oxygen atoms in total. The first-order valence-electron chi connectivity index (χ1n) is 8.56. The summed E-state index contributed by atoms with van der Waals surface area (Å²) in [7, 11) is 0. The van der Waals surface area contributed by atoms with Crippen molar-refractivity contribution in [1.29, 1.82) is 0 Å². The van der Waals surface area contributed by atoms with Crippen LogP contribution in [0.5, 0.6) is 0 Å². The average Bonchev–Trinajstić information content (AvgIpc) is 3.08. The molecule has 136 valence electrons. The summed E-state index contributed by atoms with van der Waals surface area (Å²) >= 11 is 0. The van der Waals surface area contributed by atoms with E-state index in [1.165, 1.54) is 6.07 Å². The molecule has 0 spiro atoms. The minimum absolute atomic E-state index is 0.0535. The summed E-state index contributed by atoms with van der Waals surface area (Å²) in [5.41, 5.74) is 1.87. The van der Waals surface area contributed by atoms with E-state index in [4.69, 9.17) is 9.52 Å². The summed E-state index contributed by atoms with van der Waals surface area (Å²) in [6, 6.07) is 13.9. The van der Waals surface area contributed by atoms with E-state index in [9.17, 15) is 9.59 Å². The van der Waals surface area contributed by atoms with Gasteiger partial charge < -0.3 is 19.4 Å². The van der Waals surface area contributed by atoms with Crippen LogP contribution in [0.15, 0.2) is 64.1 Å². The highest BCUT2D eigenvalue weighted by molar-refractivity contribution is 6.06. The second-order valence-electron chi connectivity index (χ2n) is 6.16. The van der Waals surface area contributed by atoms with Crippen molar-refractivity contribution in [3.63, 3.8) is 0 Å². The third-order valence-corrected chi connectivity index (χ3v) is 4.32. The van der Waals surface area contributed by atoms with Crippen molar-refractivity contribution < 1.29 is 14.3 Å². The highest BCUT2D eigenvalue weighted by Gasteiger charge is 2.14. The first-order valence-corrected chi connectivity index (χ1v) is 8.56. The van der Waals surface area contributed by atoms with Crippen LogP contribution >= 0.6 is 0 Å². The number of hydrogen-bond acceptors (Lipinski definition) is 5. The quantitative estimate of drug-likeness (QED) is 0.532. The maximum atomic E-state index is 12.5. The Hall–Kier alpha value is -3.45. The molecule has 0 unspecified atom stereocenters. The summed E-state index contributed by atoms with van der Waals surface area (Å²) in [5, 5.41) is 12.4. The summed E-state index contributed by atoms with van der Waals surface area (Å²) in [6.07, 6.45) is 2.34. The van der Waals surface area contributed by atoms with Crippen LogP contribution in [0.1, 0.15) is 16.8 Å². The van der Waals surface area contributed by atoms with Gasteiger partial charge in [-0.3, -0.25) is 4.79 Å². The minimum Gasteiger partial charge on any atom is -0.422 e. The van der Waals surface area contributed by atoms with E-state index in [1.807, 2.05) is 16.7 Å². The molecule has 7 heteroatoms. The van der Waals surface area contributed by atoms with Crippen molar-refractivity contribution in [2.75, 3.05) is 11.9 Å². The van der Waals surface area contributed by atoms with Gasteiger partial charge in [0.05, 0.1) is 17.4 Å². The Morgan fingerprint density at radius 1 is 1.19 bits per heavy atom. The summed E-state index contributed by atoms with van der Waals surface area (Å²) in [6.45, 7) is 0.777. The lowest BCUT2D eigenvalue weighted by Gasteiger charge is -2.06. The first-order chi connectivity index (χ1) is 13.2. The number of nitrogens with zero attached hydrogens (tertiary/aromatic N) is 2. The predicted molar refractivity (Wildman–Crippen MR) is 102 cm³/mol. The van der Waals surface area contributed by atoms with Crippen molar-refractivity contribution in [2.24, 2.45) is 0 Å². The van der Waals surface area contributed by atoms with Crippen molar-refractivity contribution in [1.82, 2.24) is 9.55 Å². The van der Waals surface area contributed by atoms with E-state index >= 15 is 0 Å². The third-order valence-electron chi connectivity index (χ3n) is 4.32. The number of hydrogen-bond donors (Lipinski definition) is 2. The van der Waals surface area contributed by atoms with Crippen LogP contribution in [-0.4, -0.2) is 27.2 Å². The number of benzene rings is 2. The van der Waals surface area contributed by atoms with Gasteiger partial charge in [0.25, 0.3) is 5.91 Å². The zero-order chi connectivity index (χ0) is 18.8. The summed E-state index contributed by atoms with van der Waals surface area (Å²) < 4.78 is 7.15. The Morgan fingerprint density at radius 3 is 2.89 bits per heavy atom. The van der Waals surface area contributed by atoms with Crippen LogP contribution < -0.4 is 10.9 Å². The Morgan fingerprint density at radius 2 is 2.04 bits per heavy atom. The number of carbonyl (C=O) groups excluding carboxylic acids is 1. The molecule has 27 heavy (non-hydrogen) atoms. The first kappa shape index (κ1) is 17.0. The van der Waals surface area contributed by atoms with Gasteiger partial charge in [-0.1, -0.05) is 18.2 Å². The van der Waals surface area contributed by atoms with Gasteiger partial charge in [0.1, 0.15) is 11.1 Å². The maximum Gasteiger partial charge on any atom is 0.349 e. The number of imidazole rings is 1. The van der Waals surface area contributed by atoms with E-state index in [2.05, 4.69) is 10.3 Å². The van der Waals surface area contributed by atoms with Gasteiger partial charge in [0.2, 0.25) is 0 Å². The summed E-state index contributed by atoms with van der Waals surface area (Å²) in [5.74, 6) is -0.534. The smallest absolute Gasteiger partial charge is 0.349 e. The molecular formula is C20H17N3O4. The Labute approximate surface area is 153 Å². The maximum absolute atomic E-state index is 12.5. The van der Waals surface area contributed by atoms with Gasteiger partial charge in [-0.05, 0) is 36.8 Å². The van der Waals surface area contributed by atoms with E-state index in [1.54, 1.807) is 36.7 Å². The van der Waals surface area contributed by atoms with Crippen molar-refractivity contribution in [2.45, 2.75) is 13.0 Å². The Kier molecular flexibility index (Phi) is 4.43. The molecule has 0 saturated heterocycles. The molecule has 2 heterocycles. The molecule has 0 atom stereocenters. The number of aliphatic hydroxyl groups is 1. The van der Waals surface area contributed by atoms with Gasteiger partial charge >= 0.3 is 5.63 Å². The molecule has 1 amide bonds. The van der Waals surface area contributed by atoms with Crippen molar-refractivity contribution >= 4 is 33.6 Å². The van der Waals surface area contributed by atoms with Gasteiger partial charge in [0.15, 0.2) is 0 Å². The molecular weight excluding hydrogens is 346 g/mol. The van der Waals surface area contributed by atoms with Crippen molar-refractivity contribution in [3.8, 4) is 0 Å². The number of nitrogens with one attached hydrogen (secondary N) is 1. The Balaban J connectivity index is 1.61. The SMILES string of the molecule is O=C(Nc1ccc2c(c1)ncn2CCCO)c1cc2ccccc2oc1=O. The number of aliphatic hydroxyl groups excluding tert-OH is 1. The number of amides is 1. The zero-order valence-corrected chi connectivity index (χ0v) is 14.4. The number of aryl methyl sites for hydroxylation is 1. The van der Waals surface area contributed by atoms with Crippen molar-refractivity contribution in [3.05, 3.63) is 70.8 Å². The van der Waals surface area contributed by atoms with Crippen LogP contribution in [0.3, 0.4) is 0 Å². The number of anilines is 1. The van der Waals surface area contributed by atoms with E-state index in [0.29, 0.717) is 29.6 Å². The number of aromatic nitrogens is 2. The minimum atomic E-state index is -0.680. The Bertz CT molecular complexity index is 1190. The average molecular weight is 363 g/mol. The normalized spacial score (nSPS) is 11.1. The molecule has 0 bridgehead atoms. The van der Waals surface area contributed by atoms with Crippen LogP contribution in [0.4, 0.5) is 5.69 Å². The molecule has 0 aliphatic carbocycles. The number of rotatable bonds is 5. The highest BCUT2D eigenvalue weighted by Crippen LogP contribution is 2.19. The molecule has 0 aliphatic rings. The monoisotopic (exact) mass is 363 g/mol. The number of fused-ring (bicyclic) bond motifs is 2. The molecule has 0 saturated carbocycles. The van der Waals surface area contributed by atoms with Gasteiger partial charge in [0, 0.05) is 24.2 Å². The fourth-order valence-electron chi connectivity index (χ4n) is 2.98. The lowest BCUT2D eigenvalue weighted by Crippen LogP contribution is -2.20. The lowest BCUT2D eigenvalue weighted by molar-refractivity contribution is 0.102. The predicted octanol–water partition coefficient (Wildman–Crippen LogP) is 2.78. The third kappa shape index (κ3) is 3.32. The van der Waals surface area contributed by atoms with Crippen LogP contribution in [0, 0.1) is 0 Å². The summed E-state index contributed by atoms with van der Waals surface area (Å²) in [4.78, 5) is 29.0. The van der Waals surface area contributed by atoms with Crippen LogP contribution in [0.2, 0.25) is 0 Å². The highest BCUT2D eigenvalue weighted by atomic mass is 16.4. The number of carbonyl (C=O) groups is 1. The molecule has 0 radical (unpaired) electrons. The second kappa shape index (κ2) is 7.05. The topological polar surface area (TPSA) is 97.4 Å². The lowest BCUT2D eigenvalue weighted by atomic mass is 10.1. The van der Waals surface area contributed by atoms with Gasteiger partial charge in [-0.15, -0.1) is 0 Å². The molecule has 0 aliphatic heterocycles. The van der Waals surface area contributed by atoms with E-state index < -0.39 is 11.5 Å². The molecule has 2 N–H and O–H groups in total. The number of para-hydroxylation sites is 1. The van der Waals surface area contributed by atoms with Gasteiger partial charge in [-0.2, -0.15) is 0 Å². The molecule has 2 aromatic heterocycles. The second-order valence-corrected chi connectivity index (χ2v) is 6.16. The molecule has 2 aromatic carbocycles. The van der Waals surface area contributed by atoms with E-state index in [-0.39, 0.29) is 12.2 Å². The fourth-order valence-corrected chi connectivity index (χ4v) is 2.98.